The Balaban J connectivity index is 1.53. The maximum Gasteiger partial charge on any atom is 0.410 e. The quantitative estimate of drug-likeness (QED) is 0.905. The normalized spacial score (nSPS) is 23.3. The first-order valence-electron chi connectivity index (χ1n) is 8.03. The zero-order valence-corrected chi connectivity index (χ0v) is 12.5. The molecule has 0 radical (unpaired) electrons. The fourth-order valence-electron chi connectivity index (χ4n) is 3.37. The molecule has 2 saturated heterocycles. The number of amides is 1. The summed E-state index contributed by atoms with van der Waals surface area (Å²) in [6.07, 6.45) is 4.67. The van der Waals surface area contributed by atoms with Crippen molar-refractivity contribution in [2.24, 2.45) is 5.92 Å². The van der Waals surface area contributed by atoms with Crippen LogP contribution in [0, 0.1) is 5.92 Å². The molecule has 0 aromatic heterocycles. The van der Waals surface area contributed by atoms with E-state index in [2.05, 4.69) is 17.4 Å². The lowest BCUT2D eigenvalue weighted by Gasteiger charge is -2.25. The fraction of sp³-hybridized carbons (Fsp3) is 0.588. The van der Waals surface area contributed by atoms with Crippen LogP contribution >= 0.6 is 0 Å². The summed E-state index contributed by atoms with van der Waals surface area (Å²) in [5, 5.41) is 3.40. The number of carbonyl (C=O) groups is 1. The Morgan fingerprint density at radius 1 is 1.19 bits per heavy atom. The Hall–Kier alpha value is -1.55. The Morgan fingerprint density at radius 3 is 2.71 bits per heavy atom. The minimum atomic E-state index is -0.158. The van der Waals surface area contributed by atoms with Gasteiger partial charge in [-0.2, -0.15) is 0 Å². The molecule has 0 spiro atoms. The van der Waals surface area contributed by atoms with E-state index >= 15 is 0 Å². The predicted octanol–water partition coefficient (Wildman–Crippen LogP) is 2.96. The van der Waals surface area contributed by atoms with E-state index in [0.29, 0.717) is 6.61 Å². The van der Waals surface area contributed by atoms with Crippen molar-refractivity contribution in [2.75, 3.05) is 26.2 Å². The molecular weight excluding hydrogens is 264 g/mol. The second-order valence-electron chi connectivity index (χ2n) is 6.03. The lowest BCUT2D eigenvalue weighted by atomic mass is 9.93. The van der Waals surface area contributed by atoms with Crippen LogP contribution in [0.4, 0.5) is 4.79 Å². The molecule has 0 unspecified atom stereocenters. The number of hydrogen-bond donors (Lipinski definition) is 1. The third-order valence-corrected chi connectivity index (χ3v) is 4.63. The van der Waals surface area contributed by atoms with E-state index in [9.17, 15) is 4.79 Å². The number of carbonyl (C=O) groups excluding carboxylic acids is 1. The Bertz CT molecular complexity index is 457. The summed E-state index contributed by atoms with van der Waals surface area (Å²) in [6.45, 7) is 3.57. The zero-order chi connectivity index (χ0) is 14.5. The smallest absolute Gasteiger partial charge is 0.410 e. The van der Waals surface area contributed by atoms with Crippen LogP contribution in [0.15, 0.2) is 30.3 Å². The summed E-state index contributed by atoms with van der Waals surface area (Å²) in [4.78, 5) is 13.8. The van der Waals surface area contributed by atoms with Crippen molar-refractivity contribution in [3.05, 3.63) is 35.9 Å². The molecule has 1 atom stereocenters. The van der Waals surface area contributed by atoms with E-state index < -0.39 is 0 Å². The van der Waals surface area contributed by atoms with Crippen LogP contribution in [0.1, 0.15) is 37.3 Å². The predicted molar refractivity (Wildman–Crippen MR) is 82.1 cm³/mol. The summed E-state index contributed by atoms with van der Waals surface area (Å²) in [7, 11) is 0. The van der Waals surface area contributed by atoms with Crippen molar-refractivity contribution in [2.45, 2.75) is 31.7 Å². The SMILES string of the molecule is O=C1OC[C@@H](c2ccccc2)N1CCCC1CCNCC1. The third-order valence-electron chi connectivity index (χ3n) is 4.63. The number of piperidine rings is 1. The van der Waals surface area contributed by atoms with Crippen molar-refractivity contribution >= 4 is 6.09 Å². The Kier molecular flexibility index (Phi) is 4.76. The largest absolute Gasteiger partial charge is 0.447 e. The number of hydrogen-bond acceptors (Lipinski definition) is 3. The van der Waals surface area contributed by atoms with Gasteiger partial charge in [-0.25, -0.2) is 4.79 Å². The van der Waals surface area contributed by atoms with Gasteiger partial charge in [-0.15, -0.1) is 0 Å². The molecule has 21 heavy (non-hydrogen) atoms. The van der Waals surface area contributed by atoms with Crippen LogP contribution in [0.3, 0.4) is 0 Å². The molecule has 2 fully saturated rings. The molecule has 1 aromatic carbocycles. The van der Waals surface area contributed by atoms with Gasteiger partial charge in [0, 0.05) is 6.54 Å². The highest BCUT2D eigenvalue weighted by molar-refractivity contribution is 5.70. The summed E-state index contributed by atoms with van der Waals surface area (Å²) in [5.41, 5.74) is 1.17. The van der Waals surface area contributed by atoms with Crippen molar-refractivity contribution in [1.29, 1.82) is 0 Å². The number of nitrogens with one attached hydrogen (secondary N) is 1. The summed E-state index contributed by atoms with van der Waals surface area (Å²) in [5.74, 6) is 0.819. The highest BCUT2D eigenvalue weighted by Gasteiger charge is 2.33. The highest BCUT2D eigenvalue weighted by atomic mass is 16.6. The summed E-state index contributed by atoms with van der Waals surface area (Å²) >= 11 is 0. The summed E-state index contributed by atoms with van der Waals surface area (Å²) < 4.78 is 5.25. The number of cyclic esters (lactones) is 1. The van der Waals surface area contributed by atoms with Gasteiger partial charge in [-0.1, -0.05) is 30.3 Å². The maximum absolute atomic E-state index is 11.9. The molecule has 2 aliphatic heterocycles. The van der Waals surface area contributed by atoms with E-state index in [1.54, 1.807) is 0 Å². The molecule has 0 aliphatic carbocycles. The first kappa shape index (κ1) is 14.4. The van der Waals surface area contributed by atoms with E-state index in [-0.39, 0.29) is 12.1 Å². The zero-order valence-electron chi connectivity index (χ0n) is 12.5. The van der Waals surface area contributed by atoms with Crippen molar-refractivity contribution in [3.8, 4) is 0 Å². The molecule has 4 nitrogen and oxygen atoms in total. The lowest BCUT2D eigenvalue weighted by Crippen LogP contribution is -2.30. The van der Waals surface area contributed by atoms with Crippen molar-refractivity contribution in [1.82, 2.24) is 10.2 Å². The first-order chi connectivity index (χ1) is 10.3. The minimum absolute atomic E-state index is 0.0896. The summed E-state index contributed by atoms with van der Waals surface area (Å²) in [6, 6.07) is 10.3. The average Bonchev–Trinajstić information content (AvgIpc) is 2.91. The van der Waals surface area contributed by atoms with Crippen LogP contribution in [0.5, 0.6) is 0 Å². The Morgan fingerprint density at radius 2 is 1.95 bits per heavy atom. The van der Waals surface area contributed by atoms with E-state index in [1.807, 2.05) is 23.1 Å². The van der Waals surface area contributed by atoms with Gasteiger partial charge < -0.3 is 10.1 Å². The second-order valence-corrected chi connectivity index (χ2v) is 6.03. The van der Waals surface area contributed by atoms with Crippen LogP contribution in [-0.4, -0.2) is 37.2 Å². The third kappa shape index (κ3) is 3.56. The van der Waals surface area contributed by atoms with Crippen LogP contribution in [-0.2, 0) is 4.74 Å². The molecule has 1 N–H and O–H groups in total. The average molecular weight is 288 g/mol. The van der Waals surface area contributed by atoms with Crippen LogP contribution in [0.2, 0.25) is 0 Å². The number of ether oxygens (including phenoxy) is 1. The highest BCUT2D eigenvalue weighted by Crippen LogP contribution is 2.28. The number of benzene rings is 1. The lowest BCUT2D eigenvalue weighted by molar-refractivity contribution is 0.156. The van der Waals surface area contributed by atoms with Gasteiger partial charge in [0.1, 0.15) is 6.61 Å². The van der Waals surface area contributed by atoms with Gasteiger partial charge in [0.15, 0.2) is 0 Å². The van der Waals surface area contributed by atoms with Gasteiger partial charge in [-0.3, -0.25) is 4.90 Å². The molecule has 1 amide bonds. The first-order valence-corrected chi connectivity index (χ1v) is 8.03. The second kappa shape index (κ2) is 6.94. The Labute approximate surface area is 126 Å². The van der Waals surface area contributed by atoms with Crippen LogP contribution < -0.4 is 5.32 Å². The molecule has 3 rings (SSSR count). The molecule has 1 aromatic rings. The van der Waals surface area contributed by atoms with Gasteiger partial charge in [0.25, 0.3) is 0 Å². The molecule has 0 saturated carbocycles. The molecule has 2 aliphatic rings. The van der Waals surface area contributed by atoms with Gasteiger partial charge in [0.2, 0.25) is 0 Å². The van der Waals surface area contributed by atoms with Gasteiger partial charge >= 0.3 is 6.09 Å². The number of nitrogens with zero attached hydrogens (tertiary/aromatic N) is 1. The van der Waals surface area contributed by atoms with E-state index in [1.165, 1.54) is 24.8 Å². The molecule has 0 bridgehead atoms. The topological polar surface area (TPSA) is 41.6 Å². The van der Waals surface area contributed by atoms with Gasteiger partial charge in [-0.05, 0) is 50.3 Å². The maximum atomic E-state index is 11.9. The van der Waals surface area contributed by atoms with Crippen molar-refractivity contribution < 1.29 is 9.53 Å². The van der Waals surface area contributed by atoms with E-state index in [4.69, 9.17) is 4.74 Å². The molecule has 4 heteroatoms. The number of rotatable bonds is 5. The standard InChI is InChI=1S/C17H24N2O2/c20-17-19(12-4-5-14-8-10-18-11-9-14)16(13-21-17)15-6-2-1-3-7-15/h1-3,6-7,14,16,18H,4-5,8-13H2/t16-/m0/s1. The van der Waals surface area contributed by atoms with Gasteiger partial charge in [0.05, 0.1) is 6.04 Å². The van der Waals surface area contributed by atoms with E-state index in [0.717, 1.165) is 32.0 Å². The van der Waals surface area contributed by atoms with Crippen molar-refractivity contribution in [3.63, 3.8) is 0 Å². The van der Waals surface area contributed by atoms with Crippen LogP contribution in [0.25, 0.3) is 0 Å². The fourth-order valence-corrected chi connectivity index (χ4v) is 3.37. The monoisotopic (exact) mass is 288 g/mol. The minimum Gasteiger partial charge on any atom is -0.447 e. The molecule has 114 valence electrons. The molecular formula is C17H24N2O2. The molecule has 2 heterocycles.